The molecule has 0 saturated carbocycles. The Hall–Kier alpha value is -0.920. The van der Waals surface area contributed by atoms with Gasteiger partial charge in [-0.05, 0) is 11.6 Å². The number of hydrogen-bond donors (Lipinski definition) is 0. The van der Waals surface area contributed by atoms with Gasteiger partial charge < -0.3 is 0 Å². The molecule has 0 atom stereocenters. The van der Waals surface area contributed by atoms with Crippen LogP contribution in [-0.4, -0.2) is 6.08 Å². The van der Waals surface area contributed by atoms with E-state index in [1.54, 1.807) is 0 Å². The first-order valence-electron chi connectivity index (χ1n) is 3.11. The molecule has 0 aliphatic rings. The predicted octanol–water partition coefficient (Wildman–Crippen LogP) is 2.28. The van der Waals surface area contributed by atoms with Gasteiger partial charge in [-0.2, -0.15) is 0 Å². The van der Waals surface area contributed by atoms with E-state index in [9.17, 15) is 4.79 Å². The fourth-order valence-electron chi connectivity index (χ4n) is 0.744. The van der Waals surface area contributed by atoms with E-state index in [4.69, 9.17) is 0 Å². The van der Waals surface area contributed by atoms with Gasteiger partial charge in [-0.15, -0.1) is 0 Å². The van der Waals surface area contributed by atoms with Crippen LogP contribution in [0.1, 0.15) is 5.56 Å². The number of nitrogens with zero attached hydrogens (tertiary/aromatic N) is 1. The van der Waals surface area contributed by atoms with E-state index in [1.165, 1.54) is 6.08 Å². The highest BCUT2D eigenvalue weighted by Gasteiger charge is 1.94. The maximum absolute atomic E-state index is 9.78. The molecule has 0 unspecified atom stereocenters. The largest absolute Gasteiger partial charge is 0.235 e. The Bertz CT molecular complexity index is 292. The molecule has 0 aliphatic carbocycles. The summed E-state index contributed by atoms with van der Waals surface area (Å²) in [6.45, 7) is 0.394. The van der Waals surface area contributed by atoms with Crippen LogP contribution in [0, 0.1) is 0 Å². The molecule has 1 rings (SSSR count). The zero-order valence-corrected chi connectivity index (χ0v) is 7.34. The quantitative estimate of drug-likeness (QED) is 0.546. The smallest absolute Gasteiger partial charge is 0.211 e. The van der Waals surface area contributed by atoms with Crippen molar-refractivity contribution in [2.24, 2.45) is 4.99 Å². The minimum Gasteiger partial charge on any atom is -0.211 e. The van der Waals surface area contributed by atoms with Crippen LogP contribution in [0.25, 0.3) is 0 Å². The van der Waals surface area contributed by atoms with Gasteiger partial charge in [-0.3, -0.25) is 0 Å². The molecule has 0 heterocycles. The summed E-state index contributed by atoms with van der Waals surface area (Å²) < 4.78 is 0.971. The fraction of sp³-hybridized carbons (Fsp3) is 0.125. The van der Waals surface area contributed by atoms with Gasteiger partial charge in [-0.25, -0.2) is 9.79 Å². The van der Waals surface area contributed by atoms with E-state index < -0.39 is 0 Å². The van der Waals surface area contributed by atoms with Gasteiger partial charge in [0.2, 0.25) is 6.08 Å². The van der Waals surface area contributed by atoms with Crippen molar-refractivity contribution < 1.29 is 4.79 Å². The Balaban J connectivity index is 2.85. The second-order valence-electron chi connectivity index (χ2n) is 2.00. The molecule has 0 spiro atoms. The standard InChI is InChI=1S/C8H6BrNO/c9-8-4-2-1-3-7(8)5-10-6-11/h1-4H,5H2. The Labute approximate surface area is 73.1 Å². The van der Waals surface area contributed by atoms with Gasteiger partial charge in [0.05, 0.1) is 6.54 Å². The van der Waals surface area contributed by atoms with Crippen LogP contribution in [0.5, 0.6) is 0 Å². The van der Waals surface area contributed by atoms with Crippen molar-refractivity contribution in [3.63, 3.8) is 0 Å². The minimum atomic E-state index is 0.394. The molecule has 0 fully saturated rings. The predicted molar refractivity (Wildman–Crippen MR) is 46.0 cm³/mol. The van der Waals surface area contributed by atoms with Crippen molar-refractivity contribution >= 4 is 22.0 Å². The third kappa shape index (κ3) is 2.30. The zero-order valence-electron chi connectivity index (χ0n) is 5.75. The zero-order chi connectivity index (χ0) is 8.10. The number of carbonyl (C=O) groups excluding carboxylic acids is 1. The van der Waals surface area contributed by atoms with Gasteiger partial charge in [-0.1, -0.05) is 34.1 Å². The SMILES string of the molecule is O=C=NCc1ccccc1Br. The molecule has 0 N–H and O–H groups in total. The second kappa shape index (κ2) is 4.06. The molecule has 2 nitrogen and oxygen atoms in total. The number of hydrogen-bond acceptors (Lipinski definition) is 2. The van der Waals surface area contributed by atoms with E-state index in [0.717, 1.165) is 10.0 Å². The van der Waals surface area contributed by atoms with Crippen LogP contribution in [0.4, 0.5) is 0 Å². The summed E-state index contributed by atoms with van der Waals surface area (Å²) in [6.07, 6.45) is 1.50. The molecule has 0 saturated heterocycles. The first kappa shape index (κ1) is 8.18. The summed E-state index contributed by atoms with van der Waals surface area (Å²) in [5.41, 5.74) is 0.996. The number of benzene rings is 1. The van der Waals surface area contributed by atoms with Gasteiger partial charge in [0, 0.05) is 4.47 Å². The number of halogens is 1. The average Bonchev–Trinajstić information content (AvgIpc) is 2.03. The van der Waals surface area contributed by atoms with E-state index in [0.29, 0.717) is 6.54 Å². The topological polar surface area (TPSA) is 29.4 Å². The maximum atomic E-state index is 9.78. The van der Waals surface area contributed by atoms with E-state index in [2.05, 4.69) is 20.9 Å². The average molecular weight is 212 g/mol. The number of aliphatic imine (C=N–C) groups is 1. The van der Waals surface area contributed by atoms with Crippen molar-refractivity contribution in [2.75, 3.05) is 0 Å². The van der Waals surface area contributed by atoms with Crippen LogP contribution in [0.2, 0.25) is 0 Å². The van der Waals surface area contributed by atoms with Gasteiger partial charge in [0.15, 0.2) is 0 Å². The fourth-order valence-corrected chi connectivity index (χ4v) is 1.15. The molecule has 0 radical (unpaired) electrons. The first-order valence-corrected chi connectivity index (χ1v) is 3.91. The normalized spacial score (nSPS) is 8.82. The Kier molecular flexibility index (Phi) is 3.02. The van der Waals surface area contributed by atoms with Crippen molar-refractivity contribution in [1.29, 1.82) is 0 Å². The van der Waals surface area contributed by atoms with Gasteiger partial charge in [0.25, 0.3) is 0 Å². The van der Waals surface area contributed by atoms with Crippen molar-refractivity contribution in [3.05, 3.63) is 34.3 Å². The third-order valence-electron chi connectivity index (χ3n) is 1.27. The van der Waals surface area contributed by atoms with Crippen LogP contribution < -0.4 is 0 Å². The molecule has 0 amide bonds. The van der Waals surface area contributed by atoms with E-state index in [-0.39, 0.29) is 0 Å². The van der Waals surface area contributed by atoms with Crippen molar-refractivity contribution in [3.8, 4) is 0 Å². The number of rotatable bonds is 2. The summed E-state index contributed by atoms with van der Waals surface area (Å²) >= 11 is 3.34. The second-order valence-corrected chi connectivity index (χ2v) is 2.85. The molecule has 0 aromatic heterocycles. The summed E-state index contributed by atoms with van der Waals surface area (Å²) in [6, 6.07) is 7.64. The Morgan fingerprint density at radius 2 is 2.18 bits per heavy atom. The van der Waals surface area contributed by atoms with Gasteiger partial charge in [0.1, 0.15) is 0 Å². The highest BCUT2D eigenvalue weighted by Crippen LogP contribution is 2.15. The molecule has 56 valence electrons. The molecular weight excluding hydrogens is 206 g/mol. The summed E-state index contributed by atoms with van der Waals surface area (Å²) in [7, 11) is 0. The van der Waals surface area contributed by atoms with Crippen molar-refractivity contribution in [1.82, 2.24) is 0 Å². The number of isocyanates is 1. The molecule has 3 heteroatoms. The first-order chi connectivity index (χ1) is 5.34. The van der Waals surface area contributed by atoms with Crippen LogP contribution in [0.15, 0.2) is 33.7 Å². The lowest BCUT2D eigenvalue weighted by Crippen LogP contribution is -1.81. The molecule has 1 aromatic rings. The minimum absolute atomic E-state index is 0.394. The molecule has 0 bridgehead atoms. The summed E-state index contributed by atoms with van der Waals surface area (Å²) in [5.74, 6) is 0. The van der Waals surface area contributed by atoms with Crippen LogP contribution in [0.3, 0.4) is 0 Å². The Morgan fingerprint density at radius 3 is 2.82 bits per heavy atom. The Morgan fingerprint density at radius 1 is 1.45 bits per heavy atom. The van der Waals surface area contributed by atoms with E-state index >= 15 is 0 Å². The molecular formula is C8H6BrNO. The lowest BCUT2D eigenvalue weighted by Gasteiger charge is -1.96. The molecule has 1 aromatic carbocycles. The highest BCUT2D eigenvalue weighted by molar-refractivity contribution is 9.10. The molecule has 11 heavy (non-hydrogen) atoms. The molecule has 0 aliphatic heterocycles. The monoisotopic (exact) mass is 211 g/mol. The highest BCUT2D eigenvalue weighted by atomic mass is 79.9. The van der Waals surface area contributed by atoms with Gasteiger partial charge >= 0.3 is 0 Å². The lowest BCUT2D eigenvalue weighted by atomic mass is 10.2. The van der Waals surface area contributed by atoms with Crippen LogP contribution in [-0.2, 0) is 11.3 Å². The summed E-state index contributed by atoms with van der Waals surface area (Å²) in [5, 5.41) is 0. The third-order valence-corrected chi connectivity index (χ3v) is 2.05. The summed E-state index contributed by atoms with van der Waals surface area (Å²) in [4.78, 5) is 13.2. The van der Waals surface area contributed by atoms with E-state index in [1.807, 2.05) is 24.3 Å². The van der Waals surface area contributed by atoms with Crippen LogP contribution >= 0.6 is 15.9 Å². The maximum Gasteiger partial charge on any atom is 0.235 e. The van der Waals surface area contributed by atoms with Crippen molar-refractivity contribution in [2.45, 2.75) is 6.54 Å². The lowest BCUT2D eigenvalue weighted by molar-refractivity contribution is 0.562.